The molecule has 0 saturated carbocycles. The van der Waals surface area contributed by atoms with Gasteiger partial charge in [-0.1, -0.05) is 32.6 Å². The number of hydrogen-bond acceptors (Lipinski definition) is 6. The first kappa shape index (κ1) is 24.1. The molecule has 0 bridgehead atoms. The Morgan fingerprint density at radius 1 is 1.05 bits per heavy atom. The number of aromatic nitrogens is 2. The minimum Gasteiger partial charge on any atom is -0.390 e. The number of rotatable bonds is 2. The van der Waals surface area contributed by atoms with Crippen LogP contribution in [0, 0.1) is 17.4 Å². The van der Waals surface area contributed by atoms with E-state index in [4.69, 9.17) is 14.7 Å². The molecule has 7 heteroatoms. The lowest BCUT2D eigenvalue weighted by Gasteiger charge is -1.83. The lowest BCUT2D eigenvalue weighted by molar-refractivity contribution is 0.265. The van der Waals surface area contributed by atoms with Crippen LogP contribution in [0.4, 0.5) is 0 Å². The van der Waals surface area contributed by atoms with Crippen molar-refractivity contribution in [3.05, 3.63) is 32.5 Å². The molecule has 0 saturated heterocycles. The fourth-order valence-electron chi connectivity index (χ4n) is 0.998. The van der Waals surface area contributed by atoms with Gasteiger partial charge >= 0.3 is 0 Å². The van der Waals surface area contributed by atoms with Crippen molar-refractivity contribution in [2.45, 2.75) is 49.3 Å². The minimum atomic E-state index is -0.0460. The standard InChI is InChI=1S/C5H6INO2.C5H7NO2.3CH4/c1-3-5(6)4(2-8)7-9-3;1-4-2-5(3-7)6-8-4;;;/h8H,2H2,1H3;2,7H,3H2,1H3;3*1H4. The van der Waals surface area contributed by atoms with E-state index in [2.05, 4.69) is 37.4 Å². The van der Waals surface area contributed by atoms with Crippen molar-refractivity contribution in [2.75, 3.05) is 0 Å². The molecule has 0 fully saturated rings. The molecule has 0 aliphatic heterocycles. The van der Waals surface area contributed by atoms with Crippen LogP contribution in [0.15, 0.2) is 15.1 Å². The third-order valence-corrected chi connectivity index (χ3v) is 3.23. The second-order valence-electron chi connectivity index (χ2n) is 3.24. The van der Waals surface area contributed by atoms with Crippen LogP contribution in [0.1, 0.15) is 45.2 Å². The molecule has 118 valence electrons. The van der Waals surface area contributed by atoms with Crippen LogP contribution in [-0.4, -0.2) is 20.5 Å². The van der Waals surface area contributed by atoms with E-state index in [1.165, 1.54) is 0 Å². The molecule has 0 atom stereocenters. The first-order chi connectivity index (χ1) is 8.08. The van der Waals surface area contributed by atoms with Crippen LogP contribution in [0.3, 0.4) is 0 Å². The molecule has 0 aliphatic rings. The summed E-state index contributed by atoms with van der Waals surface area (Å²) in [6.45, 7) is 3.51. The van der Waals surface area contributed by atoms with Crippen molar-refractivity contribution in [1.29, 1.82) is 0 Å². The van der Waals surface area contributed by atoms with Crippen molar-refractivity contribution in [1.82, 2.24) is 10.3 Å². The summed E-state index contributed by atoms with van der Waals surface area (Å²) >= 11 is 2.08. The van der Waals surface area contributed by atoms with E-state index in [-0.39, 0.29) is 35.5 Å². The Kier molecular flexibility index (Phi) is 14.3. The zero-order valence-electron chi connectivity index (χ0n) is 9.47. The normalized spacial score (nSPS) is 8.45. The largest absolute Gasteiger partial charge is 0.390 e. The number of nitrogens with zero attached hydrogens (tertiary/aromatic N) is 2. The molecule has 0 unspecified atom stereocenters. The maximum absolute atomic E-state index is 8.60. The van der Waals surface area contributed by atoms with E-state index in [0.29, 0.717) is 11.4 Å². The number of hydrogen-bond donors (Lipinski definition) is 2. The monoisotopic (exact) mass is 400 g/mol. The maximum Gasteiger partial charge on any atom is 0.147 e. The van der Waals surface area contributed by atoms with Crippen LogP contribution in [0.2, 0.25) is 0 Å². The second-order valence-corrected chi connectivity index (χ2v) is 4.32. The smallest absolute Gasteiger partial charge is 0.147 e. The van der Waals surface area contributed by atoms with Crippen molar-refractivity contribution >= 4 is 22.6 Å². The Hall–Kier alpha value is -0.930. The lowest BCUT2D eigenvalue weighted by Crippen LogP contribution is -1.84. The van der Waals surface area contributed by atoms with Gasteiger partial charge in [-0.2, -0.15) is 0 Å². The quantitative estimate of drug-likeness (QED) is 0.751. The molecule has 0 amide bonds. The molecular formula is C13H25IN2O4. The van der Waals surface area contributed by atoms with Gasteiger partial charge in [0.25, 0.3) is 0 Å². The van der Waals surface area contributed by atoms with Crippen molar-refractivity contribution < 1.29 is 19.3 Å². The van der Waals surface area contributed by atoms with E-state index in [9.17, 15) is 0 Å². The Balaban J connectivity index is -0.000000252. The van der Waals surface area contributed by atoms with Gasteiger partial charge in [0, 0.05) is 6.07 Å². The van der Waals surface area contributed by atoms with Crippen LogP contribution < -0.4 is 0 Å². The summed E-state index contributed by atoms with van der Waals surface area (Å²) in [7, 11) is 0. The summed E-state index contributed by atoms with van der Waals surface area (Å²) in [5, 5.41) is 24.1. The predicted molar refractivity (Wildman–Crippen MR) is 87.2 cm³/mol. The molecular weight excluding hydrogens is 375 g/mol. The topological polar surface area (TPSA) is 92.5 Å². The van der Waals surface area contributed by atoms with Gasteiger partial charge < -0.3 is 19.3 Å². The van der Waals surface area contributed by atoms with Crippen molar-refractivity contribution in [2.24, 2.45) is 0 Å². The molecule has 2 aromatic heterocycles. The van der Waals surface area contributed by atoms with E-state index in [1.807, 2.05) is 6.92 Å². The Morgan fingerprint density at radius 2 is 1.65 bits per heavy atom. The summed E-state index contributed by atoms with van der Waals surface area (Å²) in [5.74, 6) is 1.49. The first-order valence-electron chi connectivity index (χ1n) is 4.83. The molecule has 0 aliphatic carbocycles. The Morgan fingerprint density at radius 3 is 1.85 bits per heavy atom. The predicted octanol–water partition coefficient (Wildman–Crippen LogP) is 3.46. The van der Waals surface area contributed by atoms with Crippen LogP contribution in [0.5, 0.6) is 0 Å². The lowest BCUT2D eigenvalue weighted by atomic mass is 10.4. The third kappa shape index (κ3) is 7.01. The van der Waals surface area contributed by atoms with Gasteiger partial charge in [-0.3, -0.25) is 0 Å². The summed E-state index contributed by atoms with van der Waals surface area (Å²) in [6, 6.07) is 1.69. The zero-order chi connectivity index (χ0) is 12.8. The van der Waals surface area contributed by atoms with Gasteiger partial charge in [-0.05, 0) is 36.4 Å². The molecule has 2 N–H and O–H groups in total. The molecule has 2 aromatic rings. The number of aryl methyl sites for hydroxylation is 2. The van der Waals surface area contributed by atoms with Gasteiger partial charge in [0.1, 0.15) is 22.9 Å². The molecule has 0 aromatic carbocycles. The Bertz CT molecular complexity index is 469. The number of halogens is 1. The zero-order valence-corrected chi connectivity index (χ0v) is 11.6. The first-order valence-corrected chi connectivity index (χ1v) is 5.91. The van der Waals surface area contributed by atoms with Gasteiger partial charge in [-0.25, -0.2) is 0 Å². The van der Waals surface area contributed by atoms with E-state index >= 15 is 0 Å². The van der Waals surface area contributed by atoms with E-state index < -0.39 is 0 Å². The fourth-order valence-corrected chi connectivity index (χ4v) is 1.37. The van der Waals surface area contributed by atoms with Crippen LogP contribution in [-0.2, 0) is 13.2 Å². The highest BCUT2D eigenvalue weighted by atomic mass is 127. The van der Waals surface area contributed by atoms with E-state index in [0.717, 1.165) is 15.1 Å². The molecule has 6 nitrogen and oxygen atoms in total. The summed E-state index contributed by atoms with van der Waals surface area (Å²) < 4.78 is 10.3. The molecule has 0 radical (unpaired) electrons. The molecule has 2 heterocycles. The average Bonchev–Trinajstić information content (AvgIpc) is 2.88. The molecule has 2 rings (SSSR count). The molecule has 0 spiro atoms. The van der Waals surface area contributed by atoms with Gasteiger partial charge in [0.15, 0.2) is 0 Å². The Labute approximate surface area is 134 Å². The number of aliphatic hydroxyl groups excluding tert-OH is 2. The van der Waals surface area contributed by atoms with E-state index in [1.54, 1.807) is 13.0 Å². The van der Waals surface area contributed by atoms with Crippen LogP contribution >= 0.6 is 22.6 Å². The average molecular weight is 400 g/mol. The highest BCUT2D eigenvalue weighted by molar-refractivity contribution is 14.1. The van der Waals surface area contributed by atoms with Gasteiger partial charge in [0.05, 0.1) is 16.8 Å². The molecule has 20 heavy (non-hydrogen) atoms. The van der Waals surface area contributed by atoms with Crippen molar-refractivity contribution in [3.63, 3.8) is 0 Å². The minimum absolute atomic E-state index is 0. The number of aliphatic hydroxyl groups is 2. The fraction of sp³-hybridized carbons (Fsp3) is 0.538. The summed E-state index contributed by atoms with van der Waals surface area (Å²) in [6.07, 6.45) is 0. The van der Waals surface area contributed by atoms with Crippen LogP contribution in [0.25, 0.3) is 0 Å². The summed E-state index contributed by atoms with van der Waals surface area (Å²) in [5.41, 5.74) is 1.20. The SMILES string of the molecule is C.C.C.Cc1cc(CO)no1.Cc1onc(CO)c1I. The summed E-state index contributed by atoms with van der Waals surface area (Å²) in [4.78, 5) is 0. The maximum atomic E-state index is 8.60. The highest BCUT2D eigenvalue weighted by Gasteiger charge is 2.06. The third-order valence-electron chi connectivity index (χ3n) is 1.84. The van der Waals surface area contributed by atoms with Gasteiger partial charge in [0.2, 0.25) is 0 Å². The highest BCUT2D eigenvalue weighted by Crippen LogP contribution is 2.14. The van der Waals surface area contributed by atoms with Crippen molar-refractivity contribution in [3.8, 4) is 0 Å². The van der Waals surface area contributed by atoms with Gasteiger partial charge in [-0.15, -0.1) is 0 Å². The second kappa shape index (κ2) is 11.9.